The van der Waals surface area contributed by atoms with Crippen molar-refractivity contribution in [3.63, 3.8) is 0 Å². The lowest BCUT2D eigenvalue weighted by atomic mass is 10.1. The number of benzene rings is 2. The van der Waals surface area contributed by atoms with E-state index < -0.39 is 0 Å². The van der Waals surface area contributed by atoms with Crippen LogP contribution in [0.1, 0.15) is 12.0 Å². The van der Waals surface area contributed by atoms with E-state index in [9.17, 15) is 4.79 Å². The molecule has 0 radical (unpaired) electrons. The number of ether oxygens (including phenoxy) is 1. The fourth-order valence-corrected chi connectivity index (χ4v) is 4.04. The van der Waals surface area contributed by atoms with Crippen molar-refractivity contribution >= 4 is 22.6 Å². The predicted octanol–water partition coefficient (Wildman–Crippen LogP) is 3.31. The van der Waals surface area contributed by atoms with Gasteiger partial charge in [0.15, 0.2) is 0 Å². The summed E-state index contributed by atoms with van der Waals surface area (Å²) in [6, 6.07) is 16.0. The van der Waals surface area contributed by atoms with Gasteiger partial charge >= 0.3 is 0 Å². The quantitative estimate of drug-likeness (QED) is 0.581. The molecule has 0 saturated carbocycles. The van der Waals surface area contributed by atoms with Gasteiger partial charge < -0.3 is 19.4 Å². The molecule has 1 fully saturated rings. The van der Waals surface area contributed by atoms with Crippen LogP contribution in [0.2, 0.25) is 0 Å². The van der Waals surface area contributed by atoms with Crippen LogP contribution >= 0.6 is 0 Å². The summed E-state index contributed by atoms with van der Waals surface area (Å²) in [5.41, 5.74) is 2.93. The first-order valence-electron chi connectivity index (χ1n) is 10.6. The van der Waals surface area contributed by atoms with E-state index in [-0.39, 0.29) is 5.91 Å². The molecule has 0 unspecified atom stereocenters. The van der Waals surface area contributed by atoms with Crippen LogP contribution in [0.15, 0.2) is 59.2 Å². The monoisotopic (exact) mass is 407 g/mol. The topological polar surface area (TPSA) is 58.0 Å². The van der Waals surface area contributed by atoms with Gasteiger partial charge in [-0.15, -0.1) is 0 Å². The van der Waals surface area contributed by atoms with Crippen LogP contribution in [0.25, 0.3) is 11.0 Å². The number of carbonyl (C=O) groups excluding carboxylic acids is 1. The van der Waals surface area contributed by atoms with Crippen molar-refractivity contribution in [2.45, 2.75) is 12.8 Å². The SMILES string of the molecule is COc1ccccc1N1CCN(CCCNC(=O)Cc2coc3ccccc23)CC1. The molecule has 0 spiro atoms. The van der Waals surface area contributed by atoms with Gasteiger partial charge in [-0.2, -0.15) is 0 Å². The largest absolute Gasteiger partial charge is 0.495 e. The summed E-state index contributed by atoms with van der Waals surface area (Å²) in [5.74, 6) is 0.974. The number of nitrogens with one attached hydrogen (secondary N) is 1. The molecule has 0 aliphatic carbocycles. The maximum absolute atomic E-state index is 12.3. The molecule has 2 aromatic carbocycles. The van der Waals surface area contributed by atoms with E-state index in [1.165, 1.54) is 5.69 Å². The van der Waals surface area contributed by atoms with E-state index in [0.717, 1.165) is 61.4 Å². The molecular weight excluding hydrogens is 378 g/mol. The Morgan fingerprint density at radius 2 is 1.83 bits per heavy atom. The first-order chi connectivity index (χ1) is 14.7. The van der Waals surface area contributed by atoms with E-state index in [1.54, 1.807) is 13.4 Å². The second-order valence-electron chi connectivity index (χ2n) is 7.64. The van der Waals surface area contributed by atoms with Crippen LogP contribution in [-0.2, 0) is 11.2 Å². The summed E-state index contributed by atoms with van der Waals surface area (Å²) < 4.78 is 11.0. The molecule has 6 nitrogen and oxygen atoms in total. The lowest BCUT2D eigenvalue weighted by Gasteiger charge is -2.36. The third kappa shape index (κ3) is 4.76. The molecule has 0 bridgehead atoms. The number of carbonyl (C=O) groups is 1. The van der Waals surface area contributed by atoms with Gasteiger partial charge in [-0.05, 0) is 31.2 Å². The molecular formula is C24H29N3O3. The molecule has 1 aliphatic heterocycles. The van der Waals surface area contributed by atoms with E-state index in [4.69, 9.17) is 9.15 Å². The Labute approximate surface area is 177 Å². The number of furan rings is 1. The summed E-state index contributed by atoms with van der Waals surface area (Å²) in [6.45, 7) is 5.70. The molecule has 0 atom stereocenters. The third-order valence-electron chi connectivity index (χ3n) is 5.68. The number of anilines is 1. The van der Waals surface area contributed by atoms with Gasteiger partial charge in [0.25, 0.3) is 0 Å². The Bertz CT molecular complexity index is 976. The number of hydrogen-bond acceptors (Lipinski definition) is 5. The van der Waals surface area contributed by atoms with E-state index >= 15 is 0 Å². The summed E-state index contributed by atoms with van der Waals surface area (Å²) in [6.07, 6.45) is 2.99. The molecule has 1 amide bonds. The van der Waals surface area contributed by atoms with Crippen molar-refractivity contribution < 1.29 is 13.9 Å². The van der Waals surface area contributed by atoms with Gasteiger partial charge in [0.05, 0.1) is 25.5 Å². The number of hydrogen-bond donors (Lipinski definition) is 1. The van der Waals surface area contributed by atoms with Crippen molar-refractivity contribution in [2.24, 2.45) is 0 Å². The minimum Gasteiger partial charge on any atom is -0.495 e. The average molecular weight is 408 g/mol. The number of piperazine rings is 1. The maximum Gasteiger partial charge on any atom is 0.224 e. The van der Waals surface area contributed by atoms with E-state index in [0.29, 0.717) is 13.0 Å². The third-order valence-corrected chi connectivity index (χ3v) is 5.68. The number of para-hydroxylation sites is 3. The van der Waals surface area contributed by atoms with Crippen molar-refractivity contribution in [1.82, 2.24) is 10.2 Å². The fraction of sp³-hybridized carbons (Fsp3) is 0.375. The summed E-state index contributed by atoms with van der Waals surface area (Å²) in [4.78, 5) is 17.1. The highest BCUT2D eigenvalue weighted by molar-refractivity contribution is 5.87. The molecule has 6 heteroatoms. The zero-order valence-electron chi connectivity index (χ0n) is 17.5. The minimum absolute atomic E-state index is 0.0440. The second-order valence-corrected chi connectivity index (χ2v) is 7.64. The van der Waals surface area contributed by atoms with Crippen LogP contribution < -0.4 is 15.0 Å². The minimum atomic E-state index is 0.0440. The Hall–Kier alpha value is -2.99. The smallest absolute Gasteiger partial charge is 0.224 e. The highest BCUT2D eigenvalue weighted by Gasteiger charge is 2.19. The number of fused-ring (bicyclic) bond motifs is 1. The van der Waals surface area contributed by atoms with Crippen molar-refractivity contribution in [2.75, 3.05) is 51.3 Å². The highest BCUT2D eigenvalue weighted by Crippen LogP contribution is 2.28. The normalized spacial score (nSPS) is 14.8. The molecule has 1 aromatic heterocycles. The number of nitrogens with zero attached hydrogens (tertiary/aromatic N) is 2. The Morgan fingerprint density at radius 1 is 1.07 bits per heavy atom. The van der Waals surface area contributed by atoms with Crippen molar-refractivity contribution in [3.05, 3.63) is 60.4 Å². The van der Waals surface area contributed by atoms with Crippen LogP contribution in [0, 0.1) is 0 Å². The van der Waals surface area contributed by atoms with Crippen LogP contribution in [0.5, 0.6) is 5.75 Å². The van der Waals surface area contributed by atoms with Gasteiger partial charge in [0.2, 0.25) is 5.91 Å². The van der Waals surface area contributed by atoms with Gasteiger partial charge in [0, 0.05) is 43.7 Å². The summed E-state index contributed by atoms with van der Waals surface area (Å²) in [5, 5.41) is 4.06. The number of rotatable bonds is 8. The first-order valence-corrected chi connectivity index (χ1v) is 10.6. The molecule has 2 heterocycles. The van der Waals surface area contributed by atoms with Gasteiger partial charge in [0.1, 0.15) is 11.3 Å². The van der Waals surface area contributed by atoms with E-state index in [1.807, 2.05) is 36.4 Å². The van der Waals surface area contributed by atoms with Crippen molar-refractivity contribution in [1.29, 1.82) is 0 Å². The first kappa shape index (κ1) is 20.3. The molecule has 30 heavy (non-hydrogen) atoms. The molecule has 3 aromatic rings. The fourth-order valence-electron chi connectivity index (χ4n) is 4.04. The lowest BCUT2D eigenvalue weighted by molar-refractivity contribution is -0.120. The maximum atomic E-state index is 12.3. The average Bonchev–Trinajstić information content (AvgIpc) is 3.20. The Balaban J connectivity index is 1.16. The Morgan fingerprint density at radius 3 is 2.67 bits per heavy atom. The molecule has 158 valence electrons. The number of amides is 1. The summed E-state index contributed by atoms with van der Waals surface area (Å²) in [7, 11) is 1.72. The lowest BCUT2D eigenvalue weighted by Crippen LogP contribution is -2.47. The van der Waals surface area contributed by atoms with E-state index in [2.05, 4.69) is 27.2 Å². The highest BCUT2D eigenvalue weighted by atomic mass is 16.5. The van der Waals surface area contributed by atoms with Gasteiger partial charge in [-0.25, -0.2) is 0 Å². The molecule has 1 saturated heterocycles. The molecule has 1 N–H and O–H groups in total. The van der Waals surface area contributed by atoms with Crippen molar-refractivity contribution in [3.8, 4) is 5.75 Å². The zero-order valence-corrected chi connectivity index (χ0v) is 17.5. The zero-order chi connectivity index (χ0) is 20.8. The standard InChI is InChI=1S/C24H29N3O3/c1-29-23-10-5-3-8-21(23)27-15-13-26(14-16-27)12-6-11-25-24(28)17-19-18-30-22-9-4-2-7-20(19)22/h2-5,7-10,18H,6,11-17H2,1H3,(H,25,28). The van der Waals surface area contributed by atoms with Crippen LogP contribution in [0.4, 0.5) is 5.69 Å². The summed E-state index contributed by atoms with van der Waals surface area (Å²) >= 11 is 0. The van der Waals surface area contributed by atoms with Gasteiger partial charge in [-0.3, -0.25) is 9.69 Å². The second kappa shape index (κ2) is 9.67. The van der Waals surface area contributed by atoms with Crippen LogP contribution in [0.3, 0.4) is 0 Å². The van der Waals surface area contributed by atoms with Crippen LogP contribution in [-0.4, -0.2) is 57.2 Å². The number of methoxy groups -OCH3 is 1. The molecule has 4 rings (SSSR count). The van der Waals surface area contributed by atoms with Gasteiger partial charge in [-0.1, -0.05) is 30.3 Å². The predicted molar refractivity (Wildman–Crippen MR) is 119 cm³/mol. The Kier molecular flexibility index (Phi) is 6.54. The molecule has 1 aliphatic rings.